The van der Waals surface area contributed by atoms with Crippen LogP contribution in [0.15, 0.2) is 70.9 Å². The maximum absolute atomic E-state index is 12.6. The van der Waals surface area contributed by atoms with E-state index in [9.17, 15) is 10.1 Å². The topological polar surface area (TPSA) is 93.1 Å². The van der Waals surface area contributed by atoms with E-state index in [-0.39, 0.29) is 11.4 Å². The van der Waals surface area contributed by atoms with Crippen molar-refractivity contribution in [1.82, 2.24) is 9.72 Å². The number of hydrogen-bond acceptors (Lipinski definition) is 5. The van der Waals surface area contributed by atoms with Crippen LogP contribution in [0.3, 0.4) is 0 Å². The van der Waals surface area contributed by atoms with Crippen molar-refractivity contribution in [1.29, 1.82) is 5.26 Å². The molecule has 2 aromatic heterocycles. The average Bonchev–Trinajstić information content (AvgIpc) is 3.36. The molecule has 0 saturated heterocycles. The zero-order valence-corrected chi connectivity index (χ0v) is 17.8. The number of aryl methyl sites for hydroxylation is 2. The number of carbonyl (C=O) groups excluding carboxylic acids is 1. The molecule has 0 fully saturated rings. The molecule has 2 heterocycles. The van der Waals surface area contributed by atoms with Crippen LogP contribution in [0.2, 0.25) is 0 Å². The van der Waals surface area contributed by atoms with Crippen LogP contribution in [0.1, 0.15) is 16.9 Å². The molecule has 0 aliphatic rings. The third-order valence-electron chi connectivity index (χ3n) is 5.04. The number of anilines is 1. The molecule has 0 saturated carbocycles. The van der Waals surface area contributed by atoms with Crippen LogP contribution in [0.4, 0.5) is 5.82 Å². The number of nitriles is 1. The Balaban J connectivity index is 1.56. The summed E-state index contributed by atoms with van der Waals surface area (Å²) in [5, 5.41) is 16.8. The summed E-state index contributed by atoms with van der Waals surface area (Å²) in [6.45, 7) is 4.85. The molecular formula is C25H22N4O3. The van der Waals surface area contributed by atoms with Gasteiger partial charge in [-0.2, -0.15) is 5.26 Å². The molecule has 32 heavy (non-hydrogen) atoms. The highest BCUT2D eigenvalue weighted by Crippen LogP contribution is 2.24. The first-order chi connectivity index (χ1) is 15.5. The first-order valence-corrected chi connectivity index (χ1v) is 10.2. The Bertz CT molecular complexity index is 1340. The second kappa shape index (κ2) is 9.23. The fraction of sp³-hybridized carbons (Fsp3) is 0.160. The van der Waals surface area contributed by atoms with Gasteiger partial charge < -0.3 is 19.1 Å². The van der Waals surface area contributed by atoms with Gasteiger partial charge in [-0.25, -0.2) is 0 Å². The molecule has 0 aliphatic heterocycles. The largest absolute Gasteiger partial charge is 0.491 e. The molecule has 0 radical (unpaired) electrons. The summed E-state index contributed by atoms with van der Waals surface area (Å²) in [6, 6.07) is 19.3. The van der Waals surface area contributed by atoms with Gasteiger partial charge in [0.15, 0.2) is 5.82 Å². The molecule has 1 amide bonds. The third-order valence-corrected chi connectivity index (χ3v) is 5.04. The number of aromatic nitrogens is 2. The van der Waals surface area contributed by atoms with Gasteiger partial charge in [-0.3, -0.25) is 4.79 Å². The van der Waals surface area contributed by atoms with Crippen LogP contribution < -0.4 is 10.1 Å². The standard InChI is InChI=1S/C25H22N4O3/c1-17-7-3-6-10-23(17)31-12-11-29-16-20(21-8-4-5-9-22(21)29)14-19(15-26)25(30)27-24-13-18(2)32-28-24/h3-10,13-14,16H,11-12H2,1-2H3,(H,27,28,30)/b19-14-. The Labute approximate surface area is 185 Å². The zero-order valence-electron chi connectivity index (χ0n) is 17.8. The molecule has 0 spiro atoms. The van der Waals surface area contributed by atoms with Crippen molar-refractivity contribution in [2.45, 2.75) is 20.4 Å². The van der Waals surface area contributed by atoms with E-state index in [0.29, 0.717) is 18.9 Å². The van der Waals surface area contributed by atoms with E-state index in [2.05, 4.69) is 15.0 Å². The van der Waals surface area contributed by atoms with E-state index in [1.54, 1.807) is 19.1 Å². The van der Waals surface area contributed by atoms with Gasteiger partial charge in [0, 0.05) is 28.7 Å². The average molecular weight is 426 g/mol. The molecule has 0 aliphatic carbocycles. The molecule has 0 unspecified atom stereocenters. The maximum Gasteiger partial charge on any atom is 0.267 e. The van der Waals surface area contributed by atoms with Crippen LogP contribution in [-0.2, 0) is 11.3 Å². The Hall–Kier alpha value is -4.31. The molecule has 0 atom stereocenters. The SMILES string of the molecule is Cc1cc(NC(=O)/C(C#N)=C\c2cn(CCOc3ccccc3C)c3ccccc23)no1. The fourth-order valence-electron chi connectivity index (χ4n) is 3.46. The molecule has 160 valence electrons. The molecular weight excluding hydrogens is 404 g/mol. The minimum Gasteiger partial charge on any atom is -0.491 e. The van der Waals surface area contributed by atoms with Gasteiger partial charge in [-0.15, -0.1) is 0 Å². The van der Waals surface area contributed by atoms with Crippen molar-refractivity contribution < 1.29 is 14.1 Å². The summed E-state index contributed by atoms with van der Waals surface area (Å²) < 4.78 is 13.0. The first kappa shape index (κ1) is 20.9. The second-order valence-electron chi connectivity index (χ2n) is 7.36. The zero-order chi connectivity index (χ0) is 22.5. The Kier molecular flexibility index (Phi) is 6.04. The van der Waals surface area contributed by atoms with Crippen molar-refractivity contribution in [3.63, 3.8) is 0 Å². The lowest BCUT2D eigenvalue weighted by Gasteiger charge is -2.10. The normalized spacial score (nSPS) is 11.3. The number of amides is 1. The lowest BCUT2D eigenvalue weighted by Crippen LogP contribution is -2.13. The Morgan fingerprint density at radius 3 is 2.75 bits per heavy atom. The summed E-state index contributed by atoms with van der Waals surface area (Å²) >= 11 is 0. The van der Waals surface area contributed by atoms with Gasteiger partial charge in [0.1, 0.15) is 29.8 Å². The van der Waals surface area contributed by atoms with Crippen LogP contribution >= 0.6 is 0 Å². The summed E-state index contributed by atoms with van der Waals surface area (Å²) in [4.78, 5) is 12.6. The maximum atomic E-state index is 12.6. The van der Waals surface area contributed by atoms with Gasteiger partial charge >= 0.3 is 0 Å². The first-order valence-electron chi connectivity index (χ1n) is 10.2. The number of hydrogen-bond donors (Lipinski definition) is 1. The van der Waals surface area contributed by atoms with Gasteiger partial charge in [0.2, 0.25) is 0 Å². The van der Waals surface area contributed by atoms with E-state index in [1.807, 2.05) is 67.7 Å². The van der Waals surface area contributed by atoms with E-state index in [4.69, 9.17) is 9.26 Å². The van der Waals surface area contributed by atoms with Crippen LogP contribution in [0, 0.1) is 25.2 Å². The quantitative estimate of drug-likeness (QED) is 0.336. The highest BCUT2D eigenvalue weighted by atomic mass is 16.5. The van der Waals surface area contributed by atoms with Crippen molar-refractivity contribution in [3.8, 4) is 11.8 Å². The van der Waals surface area contributed by atoms with Crippen molar-refractivity contribution in [2.75, 3.05) is 11.9 Å². The van der Waals surface area contributed by atoms with Crippen molar-refractivity contribution in [3.05, 3.63) is 83.3 Å². The van der Waals surface area contributed by atoms with Gasteiger partial charge in [-0.05, 0) is 37.6 Å². The number of nitrogens with zero attached hydrogens (tertiary/aromatic N) is 3. The molecule has 0 bridgehead atoms. The summed E-state index contributed by atoms with van der Waals surface area (Å²) in [5.74, 6) is 1.15. The predicted molar refractivity (Wildman–Crippen MR) is 122 cm³/mol. The minimum atomic E-state index is -0.541. The molecule has 2 aromatic carbocycles. The van der Waals surface area contributed by atoms with Crippen molar-refractivity contribution >= 4 is 28.7 Å². The van der Waals surface area contributed by atoms with Crippen LogP contribution in [-0.4, -0.2) is 22.2 Å². The fourth-order valence-corrected chi connectivity index (χ4v) is 3.46. The number of fused-ring (bicyclic) bond motifs is 1. The van der Waals surface area contributed by atoms with Crippen molar-refractivity contribution in [2.24, 2.45) is 0 Å². The number of rotatable bonds is 7. The highest BCUT2D eigenvalue weighted by molar-refractivity contribution is 6.10. The highest BCUT2D eigenvalue weighted by Gasteiger charge is 2.14. The molecule has 4 aromatic rings. The Morgan fingerprint density at radius 2 is 2.00 bits per heavy atom. The molecule has 7 nitrogen and oxygen atoms in total. The van der Waals surface area contributed by atoms with Gasteiger partial charge in [0.05, 0.1) is 6.54 Å². The van der Waals surface area contributed by atoms with Crippen LogP contribution in [0.5, 0.6) is 5.75 Å². The minimum absolute atomic E-state index is 0.0234. The molecule has 4 rings (SSSR count). The molecule has 1 N–H and O–H groups in total. The lowest BCUT2D eigenvalue weighted by molar-refractivity contribution is -0.112. The van der Waals surface area contributed by atoms with Gasteiger partial charge in [-0.1, -0.05) is 41.6 Å². The summed E-state index contributed by atoms with van der Waals surface area (Å²) in [6.07, 6.45) is 3.51. The number of benzene rings is 2. The number of carbonyl (C=O) groups is 1. The van der Waals surface area contributed by atoms with E-state index in [0.717, 1.165) is 27.8 Å². The van der Waals surface area contributed by atoms with E-state index in [1.165, 1.54) is 0 Å². The smallest absolute Gasteiger partial charge is 0.267 e. The molecule has 7 heteroatoms. The second-order valence-corrected chi connectivity index (χ2v) is 7.36. The number of nitrogens with one attached hydrogen (secondary N) is 1. The summed E-state index contributed by atoms with van der Waals surface area (Å²) in [7, 11) is 0. The Morgan fingerprint density at radius 1 is 1.22 bits per heavy atom. The summed E-state index contributed by atoms with van der Waals surface area (Å²) in [5.41, 5.74) is 2.83. The van der Waals surface area contributed by atoms with Crippen LogP contribution in [0.25, 0.3) is 17.0 Å². The third kappa shape index (κ3) is 4.55. The van der Waals surface area contributed by atoms with Gasteiger partial charge in [0.25, 0.3) is 5.91 Å². The number of ether oxygens (including phenoxy) is 1. The monoisotopic (exact) mass is 426 g/mol. The number of para-hydroxylation sites is 2. The van der Waals surface area contributed by atoms with E-state index >= 15 is 0 Å². The lowest BCUT2D eigenvalue weighted by atomic mass is 10.1. The predicted octanol–water partition coefficient (Wildman–Crippen LogP) is 4.87. The van der Waals surface area contributed by atoms with E-state index < -0.39 is 5.91 Å².